The molecule has 84 valence electrons. The number of piperidine rings is 1. The lowest BCUT2D eigenvalue weighted by molar-refractivity contribution is 0.0950. The van der Waals surface area contributed by atoms with Crippen molar-refractivity contribution in [1.29, 1.82) is 0 Å². The van der Waals surface area contributed by atoms with Crippen LogP contribution in [0, 0.1) is 0 Å². The summed E-state index contributed by atoms with van der Waals surface area (Å²) in [5.74, 6) is 0.420. The monoisotopic (exact) mass is 211 g/mol. The van der Waals surface area contributed by atoms with Gasteiger partial charge in [-0.3, -0.25) is 0 Å². The van der Waals surface area contributed by atoms with E-state index in [9.17, 15) is 5.11 Å². The highest BCUT2D eigenvalue weighted by Gasteiger charge is 2.18. The van der Waals surface area contributed by atoms with Crippen molar-refractivity contribution in [3.8, 4) is 0 Å². The fourth-order valence-electron chi connectivity index (χ4n) is 1.90. The first-order valence-electron chi connectivity index (χ1n) is 5.40. The number of aromatic nitrogens is 4. The van der Waals surface area contributed by atoms with Gasteiger partial charge in [-0.1, -0.05) is 6.42 Å². The van der Waals surface area contributed by atoms with Gasteiger partial charge in [0, 0.05) is 6.54 Å². The van der Waals surface area contributed by atoms with Gasteiger partial charge in [0.1, 0.15) is 6.10 Å². The van der Waals surface area contributed by atoms with Crippen molar-refractivity contribution >= 4 is 0 Å². The van der Waals surface area contributed by atoms with Crippen molar-refractivity contribution in [2.24, 2.45) is 7.05 Å². The number of hydrogen-bond donors (Lipinski definition) is 1. The molecule has 1 aromatic heterocycles. The highest BCUT2D eigenvalue weighted by Crippen LogP contribution is 2.13. The molecule has 1 atom stereocenters. The number of aliphatic hydroxyl groups is 1. The van der Waals surface area contributed by atoms with Gasteiger partial charge < -0.3 is 10.0 Å². The molecule has 0 spiro atoms. The highest BCUT2D eigenvalue weighted by molar-refractivity contribution is 4.86. The summed E-state index contributed by atoms with van der Waals surface area (Å²) in [6.07, 6.45) is 3.13. The predicted molar refractivity (Wildman–Crippen MR) is 54.0 cm³/mol. The van der Waals surface area contributed by atoms with Crippen LogP contribution in [0.5, 0.6) is 0 Å². The molecule has 6 nitrogen and oxygen atoms in total. The minimum absolute atomic E-state index is 0.420. The van der Waals surface area contributed by atoms with Crippen molar-refractivity contribution in [2.75, 3.05) is 19.6 Å². The summed E-state index contributed by atoms with van der Waals surface area (Å²) in [5, 5.41) is 21.4. The van der Waals surface area contributed by atoms with E-state index in [1.54, 1.807) is 7.05 Å². The van der Waals surface area contributed by atoms with E-state index in [-0.39, 0.29) is 0 Å². The smallest absolute Gasteiger partial charge is 0.204 e. The average Bonchev–Trinajstić information content (AvgIpc) is 2.66. The van der Waals surface area contributed by atoms with Crippen molar-refractivity contribution in [3.63, 3.8) is 0 Å². The second kappa shape index (κ2) is 4.67. The van der Waals surface area contributed by atoms with Gasteiger partial charge in [-0.2, -0.15) is 4.80 Å². The first-order chi connectivity index (χ1) is 7.25. The van der Waals surface area contributed by atoms with E-state index in [2.05, 4.69) is 20.3 Å². The van der Waals surface area contributed by atoms with Crippen LogP contribution in [-0.2, 0) is 7.05 Å². The van der Waals surface area contributed by atoms with E-state index in [1.807, 2.05) is 0 Å². The summed E-state index contributed by atoms with van der Waals surface area (Å²) < 4.78 is 0. The summed E-state index contributed by atoms with van der Waals surface area (Å²) in [7, 11) is 1.70. The highest BCUT2D eigenvalue weighted by atomic mass is 16.3. The third-order valence-electron chi connectivity index (χ3n) is 2.70. The quantitative estimate of drug-likeness (QED) is 0.745. The lowest BCUT2D eigenvalue weighted by Gasteiger charge is -2.27. The Morgan fingerprint density at radius 2 is 2.07 bits per heavy atom. The second-order valence-electron chi connectivity index (χ2n) is 4.01. The maximum Gasteiger partial charge on any atom is 0.204 e. The molecule has 1 aromatic rings. The lowest BCUT2D eigenvalue weighted by atomic mass is 10.1. The van der Waals surface area contributed by atoms with Gasteiger partial charge in [0.2, 0.25) is 5.82 Å². The average molecular weight is 211 g/mol. The molecular weight excluding hydrogens is 194 g/mol. The number of aliphatic hydroxyl groups excluding tert-OH is 1. The SMILES string of the molecule is Cn1nnc([C@@H](O)CN2CCCCC2)n1. The third kappa shape index (κ3) is 2.73. The predicted octanol–water partition coefficient (Wildman–Crippen LogP) is -0.271. The van der Waals surface area contributed by atoms with Crippen LogP contribution in [0.4, 0.5) is 0 Å². The molecule has 2 rings (SSSR count). The number of hydrogen-bond acceptors (Lipinski definition) is 5. The van der Waals surface area contributed by atoms with Gasteiger partial charge in [0.15, 0.2) is 0 Å². The Morgan fingerprint density at radius 1 is 1.33 bits per heavy atom. The number of likely N-dealkylation sites (tertiary alicyclic amines) is 1. The van der Waals surface area contributed by atoms with Crippen LogP contribution in [0.2, 0.25) is 0 Å². The fourth-order valence-corrected chi connectivity index (χ4v) is 1.90. The van der Waals surface area contributed by atoms with Crippen LogP contribution >= 0.6 is 0 Å². The molecule has 2 heterocycles. The molecule has 1 fully saturated rings. The number of nitrogens with zero attached hydrogens (tertiary/aromatic N) is 5. The van der Waals surface area contributed by atoms with Crippen LogP contribution in [0.1, 0.15) is 31.2 Å². The first-order valence-corrected chi connectivity index (χ1v) is 5.40. The second-order valence-corrected chi connectivity index (χ2v) is 4.01. The summed E-state index contributed by atoms with van der Waals surface area (Å²) in [6, 6.07) is 0. The molecular formula is C9H17N5O. The van der Waals surface area contributed by atoms with Crippen LogP contribution in [0.3, 0.4) is 0 Å². The van der Waals surface area contributed by atoms with E-state index in [0.717, 1.165) is 13.1 Å². The zero-order chi connectivity index (χ0) is 10.7. The molecule has 1 N–H and O–H groups in total. The van der Waals surface area contributed by atoms with E-state index < -0.39 is 6.10 Å². The standard InChI is InChI=1S/C9H17N5O/c1-13-11-9(10-12-13)8(15)7-14-5-3-2-4-6-14/h8,15H,2-7H2,1H3/t8-/m0/s1. The van der Waals surface area contributed by atoms with E-state index in [4.69, 9.17) is 0 Å². The van der Waals surface area contributed by atoms with Crippen LogP contribution in [0.15, 0.2) is 0 Å². The van der Waals surface area contributed by atoms with Gasteiger partial charge in [-0.05, 0) is 31.1 Å². The molecule has 0 aliphatic carbocycles. The Morgan fingerprint density at radius 3 is 2.67 bits per heavy atom. The zero-order valence-electron chi connectivity index (χ0n) is 9.00. The Bertz CT molecular complexity index is 307. The minimum Gasteiger partial charge on any atom is -0.384 e. The molecule has 0 radical (unpaired) electrons. The Hall–Kier alpha value is -1.01. The molecule has 6 heteroatoms. The molecule has 1 aliphatic heterocycles. The summed E-state index contributed by atoms with van der Waals surface area (Å²) in [5.41, 5.74) is 0. The number of tetrazole rings is 1. The molecule has 0 unspecified atom stereocenters. The van der Waals surface area contributed by atoms with Crippen LogP contribution in [-0.4, -0.2) is 49.8 Å². The third-order valence-corrected chi connectivity index (χ3v) is 2.70. The molecule has 0 bridgehead atoms. The minimum atomic E-state index is -0.614. The zero-order valence-corrected chi connectivity index (χ0v) is 9.00. The summed E-state index contributed by atoms with van der Waals surface area (Å²) >= 11 is 0. The molecule has 0 amide bonds. The molecule has 1 aliphatic rings. The van der Waals surface area contributed by atoms with Gasteiger partial charge in [-0.25, -0.2) is 0 Å². The van der Waals surface area contributed by atoms with Gasteiger partial charge in [0.05, 0.1) is 7.05 Å². The Balaban J connectivity index is 1.88. The van der Waals surface area contributed by atoms with E-state index in [1.165, 1.54) is 24.1 Å². The Kier molecular flexibility index (Phi) is 3.27. The van der Waals surface area contributed by atoms with Gasteiger partial charge in [-0.15, -0.1) is 10.2 Å². The largest absolute Gasteiger partial charge is 0.384 e. The topological polar surface area (TPSA) is 67.1 Å². The van der Waals surface area contributed by atoms with Gasteiger partial charge in [0.25, 0.3) is 0 Å². The normalized spacial score (nSPS) is 20.4. The molecule has 0 aromatic carbocycles. The van der Waals surface area contributed by atoms with Crippen LogP contribution < -0.4 is 0 Å². The van der Waals surface area contributed by atoms with Crippen molar-refractivity contribution in [2.45, 2.75) is 25.4 Å². The van der Waals surface area contributed by atoms with Crippen LogP contribution in [0.25, 0.3) is 0 Å². The van der Waals surface area contributed by atoms with E-state index >= 15 is 0 Å². The maximum atomic E-state index is 9.87. The number of aryl methyl sites for hydroxylation is 1. The Labute approximate surface area is 88.9 Å². The fraction of sp³-hybridized carbons (Fsp3) is 0.889. The molecule has 15 heavy (non-hydrogen) atoms. The van der Waals surface area contributed by atoms with Crippen molar-refractivity contribution in [3.05, 3.63) is 5.82 Å². The van der Waals surface area contributed by atoms with Crippen molar-refractivity contribution in [1.82, 2.24) is 25.1 Å². The molecule has 1 saturated heterocycles. The number of rotatable bonds is 3. The summed E-state index contributed by atoms with van der Waals surface area (Å²) in [6.45, 7) is 2.75. The number of β-amino-alcohol motifs (C(OH)–C–C–N with tert-alkyl or cyclic N) is 1. The maximum absolute atomic E-state index is 9.87. The van der Waals surface area contributed by atoms with Crippen molar-refractivity contribution < 1.29 is 5.11 Å². The van der Waals surface area contributed by atoms with E-state index in [0.29, 0.717) is 12.4 Å². The summed E-state index contributed by atoms with van der Waals surface area (Å²) in [4.78, 5) is 3.62. The van der Waals surface area contributed by atoms with Gasteiger partial charge >= 0.3 is 0 Å². The first kappa shape index (κ1) is 10.5. The lowest BCUT2D eigenvalue weighted by Crippen LogP contribution is -2.33. The molecule has 0 saturated carbocycles.